The van der Waals surface area contributed by atoms with Crippen LogP contribution in [0.3, 0.4) is 0 Å². The van der Waals surface area contributed by atoms with Gasteiger partial charge in [0.2, 0.25) is 0 Å². The van der Waals surface area contributed by atoms with Crippen LogP contribution in [0.1, 0.15) is 36.6 Å². The van der Waals surface area contributed by atoms with Gasteiger partial charge in [0.1, 0.15) is 11.5 Å². The highest BCUT2D eigenvalue weighted by atomic mass is 16.5. The number of carbonyl (C=O) groups is 2. The van der Waals surface area contributed by atoms with Crippen molar-refractivity contribution in [2.45, 2.75) is 32.9 Å². The third-order valence-electron chi connectivity index (χ3n) is 6.63. The molecule has 0 spiro atoms. The van der Waals surface area contributed by atoms with Crippen molar-refractivity contribution in [3.8, 4) is 17.2 Å². The smallest absolute Gasteiger partial charge is 0.295 e. The summed E-state index contributed by atoms with van der Waals surface area (Å²) in [6.07, 6.45) is -0.0144. The van der Waals surface area contributed by atoms with Gasteiger partial charge in [0.05, 0.1) is 38.0 Å². The van der Waals surface area contributed by atoms with Crippen molar-refractivity contribution in [1.82, 2.24) is 9.80 Å². The molecule has 1 atom stereocenters. The molecule has 0 aromatic heterocycles. The van der Waals surface area contributed by atoms with Gasteiger partial charge in [-0.25, -0.2) is 0 Å². The van der Waals surface area contributed by atoms with Gasteiger partial charge in [-0.15, -0.1) is 0 Å². The average Bonchev–Trinajstić information content (AvgIpc) is 3.13. The number of rotatable bonds is 8. The molecule has 2 aliphatic rings. The minimum Gasteiger partial charge on any atom is -0.507 e. The molecule has 0 aliphatic carbocycles. The minimum atomic E-state index is -0.845. The Balaban J connectivity index is 1.76. The predicted molar refractivity (Wildman–Crippen MR) is 138 cm³/mol. The number of likely N-dealkylation sites (tertiary alicyclic amines) is 1. The van der Waals surface area contributed by atoms with E-state index in [9.17, 15) is 19.8 Å². The molecular weight excluding hydrogens is 476 g/mol. The van der Waals surface area contributed by atoms with Crippen LogP contribution in [0.2, 0.25) is 0 Å². The van der Waals surface area contributed by atoms with Gasteiger partial charge in [-0.05, 0) is 62.2 Å². The molecule has 0 saturated carbocycles. The van der Waals surface area contributed by atoms with E-state index in [0.29, 0.717) is 36.6 Å². The second-order valence-corrected chi connectivity index (χ2v) is 9.52. The molecule has 198 valence electrons. The van der Waals surface area contributed by atoms with Crippen LogP contribution < -0.4 is 9.47 Å². The second kappa shape index (κ2) is 11.2. The predicted octanol–water partition coefficient (Wildman–Crippen LogP) is 3.25. The Morgan fingerprint density at radius 2 is 1.81 bits per heavy atom. The molecule has 2 N–H and O–H groups in total. The van der Waals surface area contributed by atoms with Crippen molar-refractivity contribution < 1.29 is 34.0 Å². The van der Waals surface area contributed by atoms with Crippen LogP contribution in [-0.2, 0) is 14.3 Å². The lowest BCUT2D eigenvalue weighted by atomic mass is 9.94. The fourth-order valence-electron chi connectivity index (χ4n) is 4.73. The Kier molecular flexibility index (Phi) is 8.04. The lowest BCUT2D eigenvalue weighted by Gasteiger charge is -2.31. The van der Waals surface area contributed by atoms with Crippen molar-refractivity contribution >= 4 is 17.4 Å². The number of morpholine rings is 1. The maximum Gasteiger partial charge on any atom is 0.295 e. The number of Topliss-reactive ketones (excluding diaryl/α,β-unsaturated/α-hetero) is 1. The molecule has 4 rings (SSSR count). The van der Waals surface area contributed by atoms with Crippen LogP contribution in [-0.4, -0.2) is 84.3 Å². The Morgan fingerprint density at radius 3 is 2.46 bits per heavy atom. The van der Waals surface area contributed by atoms with Crippen LogP contribution in [0.15, 0.2) is 42.0 Å². The molecule has 2 heterocycles. The van der Waals surface area contributed by atoms with Crippen LogP contribution in [0.25, 0.3) is 5.76 Å². The maximum atomic E-state index is 13.3. The molecule has 2 aromatic rings. The number of aromatic hydroxyl groups is 1. The monoisotopic (exact) mass is 510 g/mol. The lowest BCUT2D eigenvalue weighted by Crippen LogP contribution is -2.42. The van der Waals surface area contributed by atoms with Gasteiger partial charge in [0, 0.05) is 31.7 Å². The topological polar surface area (TPSA) is 109 Å². The number of hydrogen-bond donors (Lipinski definition) is 2. The van der Waals surface area contributed by atoms with E-state index in [1.165, 1.54) is 18.1 Å². The number of hydrogen-bond acceptors (Lipinski definition) is 8. The minimum absolute atomic E-state index is 0.00310. The second-order valence-electron chi connectivity index (χ2n) is 9.52. The molecule has 1 amide bonds. The average molecular weight is 511 g/mol. The number of aliphatic hydroxyl groups is 1. The number of carbonyl (C=O) groups excluding carboxylic acids is 2. The number of nitrogens with zero attached hydrogens (tertiary/aromatic N) is 2. The molecule has 2 aromatic carbocycles. The highest BCUT2D eigenvalue weighted by molar-refractivity contribution is 6.46. The zero-order chi connectivity index (χ0) is 26.7. The number of benzene rings is 2. The number of amides is 1. The molecular formula is C28H34N2O7. The van der Waals surface area contributed by atoms with Crippen molar-refractivity contribution in [3.63, 3.8) is 0 Å². The summed E-state index contributed by atoms with van der Waals surface area (Å²) in [6.45, 7) is 9.28. The summed E-state index contributed by atoms with van der Waals surface area (Å²) < 4.78 is 16.5. The number of methoxy groups -OCH3 is 1. The summed E-state index contributed by atoms with van der Waals surface area (Å²) in [7, 11) is 1.43. The SMILES string of the molecule is COc1cc(C2/C(=C(/O)c3ccc(OC(C)C)c(C)c3)C(=O)C(=O)N2CCN2CCOCC2)ccc1O. The van der Waals surface area contributed by atoms with Crippen molar-refractivity contribution in [1.29, 1.82) is 0 Å². The molecule has 2 fully saturated rings. The first-order chi connectivity index (χ1) is 17.7. The zero-order valence-corrected chi connectivity index (χ0v) is 21.7. The summed E-state index contributed by atoms with van der Waals surface area (Å²) in [5, 5.41) is 21.5. The Hall–Kier alpha value is -3.56. The van der Waals surface area contributed by atoms with Gasteiger partial charge >= 0.3 is 0 Å². The Labute approximate surface area is 216 Å². The fraction of sp³-hybridized carbons (Fsp3) is 0.429. The molecule has 2 saturated heterocycles. The fourth-order valence-corrected chi connectivity index (χ4v) is 4.73. The van der Waals surface area contributed by atoms with Gasteiger partial charge in [0.25, 0.3) is 11.7 Å². The van der Waals surface area contributed by atoms with Gasteiger partial charge < -0.3 is 29.3 Å². The number of aryl methyl sites for hydroxylation is 1. The van der Waals surface area contributed by atoms with Gasteiger partial charge in [-0.3, -0.25) is 14.5 Å². The molecule has 9 heteroatoms. The number of phenolic OH excluding ortho intramolecular Hbond substituents is 1. The van der Waals surface area contributed by atoms with Crippen LogP contribution >= 0.6 is 0 Å². The first-order valence-corrected chi connectivity index (χ1v) is 12.4. The number of ketones is 1. The van der Waals surface area contributed by atoms with E-state index in [4.69, 9.17) is 14.2 Å². The highest BCUT2D eigenvalue weighted by Crippen LogP contribution is 2.42. The van der Waals surface area contributed by atoms with Crippen LogP contribution in [0.5, 0.6) is 17.2 Å². The number of phenols is 1. The number of aliphatic hydroxyl groups excluding tert-OH is 1. The van der Waals surface area contributed by atoms with E-state index in [2.05, 4.69) is 4.90 Å². The van der Waals surface area contributed by atoms with E-state index in [-0.39, 0.29) is 35.5 Å². The quantitative estimate of drug-likeness (QED) is 0.317. The van der Waals surface area contributed by atoms with Crippen molar-refractivity contribution in [2.75, 3.05) is 46.5 Å². The summed E-state index contributed by atoms with van der Waals surface area (Å²) in [5.74, 6) is -0.865. The standard InChI is InChI=1S/C28H34N2O7/c1-17(2)37-22-8-6-20(15-18(22)3)26(32)24-25(19-5-7-21(31)23(16-19)35-4)30(28(34)27(24)33)10-9-29-11-13-36-14-12-29/h5-8,15-17,25,31-32H,9-14H2,1-4H3/b26-24-. The van der Waals surface area contributed by atoms with Crippen molar-refractivity contribution in [3.05, 3.63) is 58.7 Å². The maximum absolute atomic E-state index is 13.3. The van der Waals surface area contributed by atoms with Crippen LogP contribution in [0.4, 0.5) is 0 Å². The summed E-state index contributed by atoms with van der Waals surface area (Å²) in [6, 6.07) is 9.00. The normalized spacial score (nSPS) is 20.0. The zero-order valence-electron chi connectivity index (χ0n) is 21.7. The summed E-state index contributed by atoms with van der Waals surface area (Å²) in [4.78, 5) is 30.3. The van der Waals surface area contributed by atoms with E-state index < -0.39 is 17.7 Å². The van der Waals surface area contributed by atoms with E-state index in [1.807, 2.05) is 20.8 Å². The summed E-state index contributed by atoms with van der Waals surface area (Å²) >= 11 is 0. The van der Waals surface area contributed by atoms with Crippen molar-refractivity contribution in [2.24, 2.45) is 0 Å². The first kappa shape index (κ1) is 26.5. The van der Waals surface area contributed by atoms with Gasteiger partial charge in [-0.1, -0.05) is 6.07 Å². The molecule has 0 radical (unpaired) electrons. The highest BCUT2D eigenvalue weighted by Gasteiger charge is 2.46. The molecule has 9 nitrogen and oxygen atoms in total. The summed E-state index contributed by atoms with van der Waals surface area (Å²) in [5.41, 5.74) is 1.75. The molecule has 37 heavy (non-hydrogen) atoms. The Morgan fingerprint density at radius 1 is 1.08 bits per heavy atom. The van der Waals surface area contributed by atoms with E-state index in [0.717, 1.165) is 18.7 Å². The molecule has 1 unspecified atom stereocenters. The molecule has 2 aliphatic heterocycles. The van der Waals surface area contributed by atoms with E-state index in [1.54, 1.807) is 30.3 Å². The van der Waals surface area contributed by atoms with Crippen LogP contribution in [0, 0.1) is 6.92 Å². The first-order valence-electron chi connectivity index (χ1n) is 12.4. The largest absolute Gasteiger partial charge is 0.507 e. The third kappa shape index (κ3) is 5.57. The van der Waals surface area contributed by atoms with E-state index >= 15 is 0 Å². The third-order valence-corrected chi connectivity index (χ3v) is 6.63. The Bertz CT molecular complexity index is 1200. The lowest BCUT2D eigenvalue weighted by molar-refractivity contribution is -0.140. The number of ether oxygens (including phenoxy) is 3. The molecule has 0 bridgehead atoms. The van der Waals surface area contributed by atoms with Gasteiger partial charge in [0.15, 0.2) is 11.5 Å². The van der Waals surface area contributed by atoms with Gasteiger partial charge in [-0.2, -0.15) is 0 Å².